The Balaban J connectivity index is 0.000000418. The van der Waals surface area contributed by atoms with Crippen LogP contribution >= 0.6 is 0 Å². The summed E-state index contributed by atoms with van der Waals surface area (Å²) >= 11 is 0. The van der Waals surface area contributed by atoms with Gasteiger partial charge in [-0.25, -0.2) is 0 Å². The monoisotopic (exact) mass is 840 g/mol. The molecule has 61 heavy (non-hydrogen) atoms. The number of aryl methyl sites for hydroxylation is 1. The van der Waals surface area contributed by atoms with Gasteiger partial charge in [0.1, 0.15) is 11.8 Å². The third-order valence-electron chi connectivity index (χ3n) is 8.57. The summed E-state index contributed by atoms with van der Waals surface area (Å²) in [5.41, 5.74) is 7.09. The topological polar surface area (TPSA) is 237 Å². The average Bonchev–Trinajstić information content (AvgIpc) is 3.28. The minimum Gasteiger partial charge on any atom is -0.870 e. The van der Waals surface area contributed by atoms with Crippen LogP contribution in [0.5, 0.6) is 0 Å². The summed E-state index contributed by atoms with van der Waals surface area (Å²) in [4.78, 5) is 32.6. The van der Waals surface area contributed by atoms with Crippen LogP contribution in [0, 0.1) is 54.2 Å². The predicted octanol–water partition coefficient (Wildman–Crippen LogP) is 7.33. The van der Waals surface area contributed by atoms with E-state index in [1.165, 1.54) is 18.2 Å². The number of benzene rings is 5. The van der Waals surface area contributed by atoms with Gasteiger partial charge in [-0.1, -0.05) is 134 Å². The summed E-state index contributed by atoms with van der Waals surface area (Å²) in [6.45, 7) is 3.82. The molecule has 0 aromatic heterocycles. The summed E-state index contributed by atoms with van der Waals surface area (Å²) in [5, 5.41) is 59.4. The van der Waals surface area contributed by atoms with Gasteiger partial charge >= 0.3 is 51.4 Å². The van der Waals surface area contributed by atoms with E-state index in [1.54, 1.807) is 60.7 Å². The van der Waals surface area contributed by atoms with Crippen LogP contribution in [-0.4, -0.2) is 32.0 Å². The average molecular weight is 841 g/mol. The van der Waals surface area contributed by atoms with Crippen LogP contribution in [0.15, 0.2) is 168 Å². The number of carbonyl (C=O) groups excluding carboxylic acids is 1. The molecule has 0 atom stereocenters. The van der Waals surface area contributed by atoms with Crippen molar-refractivity contribution in [3.8, 4) is 18.2 Å². The molecule has 1 aliphatic rings. The third-order valence-corrected chi connectivity index (χ3v) is 8.57. The first-order valence-corrected chi connectivity index (χ1v) is 18.3. The summed E-state index contributed by atoms with van der Waals surface area (Å²) in [7, 11) is 0. The quantitative estimate of drug-likeness (QED) is 0.0387. The second-order valence-electron chi connectivity index (χ2n) is 12.3. The van der Waals surface area contributed by atoms with Crippen LogP contribution in [0.4, 0.5) is 11.4 Å². The van der Waals surface area contributed by atoms with Gasteiger partial charge in [0.25, 0.3) is 11.4 Å². The number of para-hydroxylation sites is 1. The molecule has 0 saturated carbocycles. The molecule has 13 nitrogen and oxygen atoms in total. The molecule has 0 aliphatic heterocycles. The molecule has 14 heteroatoms. The molecule has 0 unspecified atom stereocenters. The number of rotatable bonds is 9. The molecule has 0 spiro atoms. The fourth-order valence-corrected chi connectivity index (χ4v) is 5.58. The molecule has 0 saturated heterocycles. The predicted molar refractivity (Wildman–Crippen MR) is 228 cm³/mol. The molecule has 6 rings (SSSR count). The number of nitro benzene ring substituents is 2. The first-order chi connectivity index (χ1) is 28.6. The molecule has 0 bridgehead atoms. The van der Waals surface area contributed by atoms with Crippen molar-refractivity contribution >= 4 is 28.4 Å². The van der Waals surface area contributed by atoms with E-state index in [4.69, 9.17) is 15.7 Å². The van der Waals surface area contributed by atoms with E-state index in [9.17, 15) is 30.3 Å². The molecular weight excluding hydrogens is 800 g/mol. The molecule has 5 aromatic rings. The first kappa shape index (κ1) is 52.3. The van der Waals surface area contributed by atoms with Crippen molar-refractivity contribution in [2.45, 2.75) is 39.5 Å². The van der Waals surface area contributed by atoms with Gasteiger partial charge in [-0.05, 0) is 59.4 Å². The first-order valence-electron chi connectivity index (χ1n) is 18.3. The van der Waals surface area contributed by atoms with Crippen molar-refractivity contribution < 1.29 is 76.7 Å². The van der Waals surface area contributed by atoms with Crippen LogP contribution in [-0.2, 0) is 19.3 Å². The number of allylic oxidation sites excluding steroid dienone is 6. The Kier molecular flexibility index (Phi) is 24.6. The van der Waals surface area contributed by atoms with Gasteiger partial charge in [-0.2, -0.15) is 15.8 Å². The van der Waals surface area contributed by atoms with Crippen molar-refractivity contribution in [3.63, 3.8) is 0 Å². The van der Waals surface area contributed by atoms with E-state index in [-0.39, 0.29) is 80.4 Å². The van der Waals surface area contributed by atoms with Crippen molar-refractivity contribution in [1.29, 1.82) is 15.8 Å². The summed E-state index contributed by atoms with van der Waals surface area (Å²) < 4.78 is 0. The van der Waals surface area contributed by atoms with Gasteiger partial charge in [0.15, 0.2) is 5.78 Å². The second-order valence-corrected chi connectivity index (χ2v) is 12.3. The summed E-state index contributed by atoms with van der Waals surface area (Å²) in [6, 6.07) is 45.1. The van der Waals surface area contributed by atoms with Gasteiger partial charge in [0, 0.05) is 34.4 Å². The van der Waals surface area contributed by atoms with Crippen LogP contribution in [0.25, 0.3) is 5.57 Å². The maximum atomic E-state index is 12.2. The Bertz CT molecular complexity index is 2480. The smallest absolute Gasteiger partial charge is 0.870 e. The zero-order chi connectivity index (χ0) is 43.0. The Morgan fingerprint density at radius 3 is 1.69 bits per heavy atom. The van der Waals surface area contributed by atoms with E-state index in [0.717, 1.165) is 28.7 Å². The molecule has 302 valence electrons. The molecule has 2 N–H and O–H groups in total. The number of carbonyl (C=O) groups is 1. The Hall–Kier alpha value is -6.67. The van der Waals surface area contributed by atoms with Crippen molar-refractivity contribution in [2.24, 2.45) is 5.16 Å². The number of hydrogen-bond acceptors (Lipinski definition) is 11. The van der Waals surface area contributed by atoms with Gasteiger partial charge < -0.3 is 10.7 Å². The van der Waals surface area contributed by atoms with Crippen LogP contribution in [0.3, 0.4) is 0 Å². The van der Waals surface area contributed by atoms with E-state index in [1.807, 2.05) is 92.7 Å². The van der Waals surface area contributed by atoms with E-state index < -0.39 is 9.85 Å². The van der Waals surface area contributed by atoms with Crippen molar-refractivity contribution in [1.82, 2.24) is 0 Å². The fraction of sp³-hybridized carbons (Fsp3) is 0.128. The van der Waals surface area contributed by atoms with Gasteiger partial charge in [0.05, 0.1) is 40.4 Å². The Morgan fingerprint density at radius 2 is 1.18 bits per heavy atom. The van der Waals surface area contributed by atoms with Crippen LogP contribution in [0.1, 0.15) is 58.4 Å². The van der Waals surface area contributed by atoms with E-state index in [2.05, 4.69) is 17.3 Å². The van der Waals surface area contributed by atoms with Crippen molar-refractivity contribution in [2.75, 3.05) is 0 Å². The molecule has 0 heterocycles. The van der Waals surface area contributed by atoms with Crippen LogP contribution < -0.4 is 51.4 Å². The van der Waals surface area contributed by atoms with Gasteiger partial charge in [0.2, 0.25) is 0 Å². The van der Waals surface area contributed by atoms with E-state index in [0.29, 0.717) is 46.4 Å². The molecule has 0 fully saturated rings. The number of nitriles is 3. The number of oxime groups is 1. The van der Waals surface area contributed by atoms with Gasteiger partial charge in [-0.3, -0.25) is 25.0 Å². The van der Waals surface area contributed by atoms with Crippen LogP contribution in [0.2, 0.25) is 0 Å². The third kappa shape index (κ3) is 16.5. The molecule has 1 aliphatic carbocycles. The molecule has 0 amide bonds. The maximum Gasteiger partial charge on any atom is 1.00 e. The number of hydrogen-bond donors (Lipinski definition) is 1. The van der Waals surface area contributed by atoms with Gasteiger partial charge in [-0.15, -0.1) is 0 Å². The summed E-state index contributed by atoms with van der Waals surface area (Å²) in [6.07, 6.45) is 7.31. The second kappa shape index (κ2) is 28.7. The SMILES string of the molecule is CCC1=CC(=C(\C#N)c2ccccc2)/C=CC/1=N/O.CCc1cc(C(=O)c2ccccc2)ccc1[N+](=O)[O-].N#CCc1ccccc1.N#CCc1ccccc1[N+](=O)[O-].[K+].[OH-]. The van der Waals surface area contributed by atoms with E-state index >= 15 is 0 Å². The standard InChI is InChI=1S/C16H14N2O.C15H13NO3.C8H6N2O2.C8H7N.K.H2O/c1-2-12-10-14(8-9-16(12)18-19)15(11-17)13-6-4-3-5-7-13;1-2-11-10-13(8-9-14(11)16(18)19)15(17)12-6-4-3-5-7-12;9-6-5-7-3-1-2-4-8(7)10(11)12;9-7-6-8-4-2-1-3-5-8;;/h3-10,19H,2H2,1H3;3-10H,2H2,1H3;1-4H,5H2;1-5H,6H2;;1H2/q;;;;+1;/p-1/b15-14+,18-16-;;;;;. The molecule has 5 aromatic carbocycles. The Morgan fingerprint density at radius 1 is 0.656 bits per heavy atom. The minimum absolute atomic E-state index is 0. The number of ketones is 1. The fourth-order valence-electron chi connectivity index (χ4n) is 5.58. The molecular formula is C47H41KN6O7. The van der Waals surface area contributed by atoms with Crippen molar-refractivity contribution in [3.05, 3.63) is 216 Å². The zero-order valence-corrected chi connectivity index (χ0v) is 37.0. The normalized spacial score (nSPS) is 12.0. The molecule has 0 radical (unpaired) electrons. The summed E-state index contributed by atoms with van der Waals surface area (Å²) in [5.74, 6) is -0.120. The Labute approximate surface area is 396 Å². The largest absolute Gasteiger partial charge is 1.00 e. The number of nitro groups is 2. The number of nitrogens with zero attached hydrogens (tertiary/aromatic N) is 6. The zero-order valence-electron chi connectivity index (χ0n) is 33.9. The maximum absolute atomic E-state index is 12.2. The minimum atomic E-state index is -0.479.